The lowest BCUT2D eigenvalue weighted by atomic mass is 9.94. The van der Waals surface area contributed by atoms with Crippen molar-refractivity contribution in [3.63, 3.8) is 0 Å². The zero-order valence-electron chi connectivity index (χ0n) is 14.1. The Morgan fingerprint density at radius 3 is 1.81 bits per heavy atom. The predicted molar refractivity (Wildman–Crippen MR) is 87.5 cm³/mol. The third-order valence-electron chi connectivity index (χ3n) is 5.11. The molecule has 1 aliphatic carbocycles. The highest BCUT2D eigenvalue weighted by molar-refractivity contribution is 4.84. The van der Waals surface area contributed by atoms with E-state index in [0.717, 1.165) is 25.9 Å². The zero-order valence-corrected chi connectivity index (χ0v) is 14.1. The Morgan fingerprint density at radius 2 is 1.24 bits per heavy atom. The molecule has 2 aliphatic rings. The molecule has 4 unspecified atom stereocenters. The molecule has 2 fully saturated rings. The van der Waals surface area contributed by atoms with Crippen molar-refractivity contribution in [2.75, 3.05) is 13.1 Å². The second-order valence-electron chi connectivity index (χ2n) is 7.25. The summed E-state index contributed by atoms with van der Waals surface area (Å²) in [6.07, 6.45) is 13.2. The van der Waals surface area contributed by atoms with Crippen LogP contribution in [-0.2, 0) is 4.74 Å². The molecule has 0 radical (unpaired) electrons. The van der Waals surface area contributed by atoms with Crippen molar-refractivity contribution in [3.8, 4) is 0 Å². The van der Waals surface area contributed by atoms with Crippen LogP contribution in [0.15, 0.2) is 0 Å². The average molecular weight is 297 g/mol. The van der Waals surface area contributed by atoms with Crippen LogP contribution in [0.25, 0.3) is 0 Å². The monoisotopic (exact) mass is 297 g/mol. The number of hydrogen-bond acceptors (Lipinski definition) is 3. The Bertz CT molecular complexity index is 274. The first-order valence-electron chi connectivity index (χ1n) is 9.24. The average Bonchev–Trinajstić information content (AvgIpc) is 2.41. The van der Waals surface area contributed by atoms with Crippen molar-refractivity contribution in [1.29, 1.82) is 0 Å². The maximum Gasteiger partial charge on any atom is 0.0695 e. The first kappa shape index (κ1) is 17.2. The Hall–Kier alpha value is -0.120. The van der Waals surface area contributed by atoms with Crippen molar-refractivity contribution >= 4 is 0 Å². The molecule has 2 rings (SSSR count). The number of ether oxygens (including phenoxy) is 1. The number of aliphatic hydroxyl groups excluding tert-OH is 1. The van der Waals surface area contributed by atoms with Crippen molar-refractivity contribution < 1.29 is 9.84 Å². The topological polar surface area (TPSA) is 32.7 Å². The number of rotatable bonds is 1. The fourth-order valence-corrected chi connectivity index (χ4v) is 4.07. The molecule has 3 nitrogen and oxygen atoms in total. The summed E-state index contributed by atoms with van der Waals surface area (Å²) < 4.78 is 5.86. The third kappa shape index (κ3) is 5.88. The highest BCUT2D eigenvalue weighted by Gasteiger charge is 2.31. The molecule has 0 amide bonds. The molecule has 3 heteroatoms. The van der Waals surface area contributed by atoms with E-state index in [0.29, 0.717) is 18.2 Å². The molecule has 0 aromatic rings. The van der Waals surface area contributed by atoms with E-state index >= 15 is 0 Å². The molecular formula is C18H35NO2. The number of nitrogens with zero attached hydrogens (tertiary/aromatic N) is 1. The summed E-state index contributed by atoms with van der Waals surface area (Å²) in [7, 11) is 0. The molecule has 124 valence electrons. The zero-order chi connectivity index (χ0) is 15.1. The summed E-state index contributed by atoms with van der Waals surface area (Å²) in [5.41, 5.74) is 0. The van der Waals surface area contributed by atoms with Crippen molar-refractivity contribution in [2.24, 2.45) is 0 Å². The van der Waals surface area contributed by atoms with E-state index in [1.165, 1.54) is 51.4 Å². The van der Waals surface area contributed by atoms with Crippen LogP contribution in [0.3, 0.4) is 0 Å². The largest absolute Gasteiger partial charge is 0.391 e. The molecule has 1 saturated carbocycles. The van der Waals surface area contributed by atoms with Gasteiger partial charge in [0.2, 0.25) is 0 Å². The van der Waals surface area contributed by atoms with Crippen molar-refractivity contribution in [1.82, 2.24) is 4.90 Å². The predicted octanol–water partition coefficient (Wildman–Crippen LogP) is 3.74. The number of aliphatic hydroxyl groups is 1. The van der Waals surface area contributed by atoms with E-state index in [-0.39, 0.29) is 6.10 Å². The first-order valence-corrected chi connectivity index (χ1v) is 9.24. The van der Waals surface area contributed by atoms with Gasteiger partial charge in [-0.1, -0.05) is 51.4 Å². The number of morpholine rings is 1. The number of hydrogen-bond donors (Lipinski definition) is 1. The normalized spacial score (nSPS) is 38.4. The fourth-order valence-electron chi connectivity index (χ4n) is 4.07. The van der Waals surface area contributed by atoms with Crippen LogP contribution < -0.4 is 0 Å². The summed E-state index contributed by atoms with van der Waals surface area (Å²) >= 11 is 0. The lowest BCUT2D eigenvalue weighted by Crippen LogP contribution is -2.53. The molecule has 21 heavy (non-hydrogen) atoms. The first-order chi connectivity index (χ1) is 10.2. The quantitative estimate of drug-likeness (QED) is 0.800. The Morgan fingerprint density at radius 1 is 0.762 bits per heavy atom. The van der Waals surface area contributed by atoms with Gasteiger partial charge in [0.1, 0.15) is 0 Å². The molecule has 0 aromatic heterocycles. The van der Waals surface area contributed by atoms with Crippen molar-refractivity contribution in [3.05, 3.63) is 0 Å². The molecule has 0 aromatic carbocycles. The minimum absolute atomic E-state index is 0.151. The van der Waals surface area contributed by atoms with E-state index < -0.39 is 0 Å². The molecule has 1 N–H and O–H groups in total. The maximum absolute atomic E-state index is 10.7. The highest BCUT2D eigenvalue weighted by atomic mass is 16.5. The van der Waals surface area contributed by atoms with E-state index in [1.54, 1.807) is 0 Å². The Kier molecular flexibility index (Phi) is 7.48. The van der Waals surface area contributed by atoms with Gasteiger partial charge < -0.3 is 9.84 Å². The molecule has 0 spiro atoms. The third-order valence-corrected chi connectivity index (χ3v) is 5.11. The SMILES string of the molecule is CC1CN(C2CCCCCCCCCCC2O)CC(C)O1. The van der Waals surface area contributed by atoms with Gasteiger partial charge in [-0.05, 0) is 26.7 Å². The van der Waals surface area contributed by atoms with Crippen LogP contribution in [0.4, 0.5) is 0 Å². The molecule has 0 bridgehead atoms. The second-order valence-corrected chi connectivity index (χ2v) is 7.25. The molecule has 1 aliphatic heterocycles. The van der Waals surface area contributed by atoms with Crippen LogP contribution in [0.5, 0.6) is 0 Å². The minimum atomic E-state index is -0.151. The maximum atomic E-state index is 10.7. The van der Waals surface area contributed by atoms with Gasteiger partial charge in [0.25, 0.3) is 0 Å². The van der Waals surface area contributed by atoms with E-state index in [2.05, 4.69) is 18.7 Å². The van der Waals surface area contributed by atoms with Crippen molar-refractivity contribution in [2.45, 2.75) is 102 Å². The lowest BCUT2D eigenvalue weighted by Gasteiger charge is -2.42. The summed E-state index contributed by atoms with van der Waals surface area (Å²) in [5.74, 6) is 0. The van der Waals surface area contributed by atoms with Gasteiger partial charge in [-0.15, -0.1) is 0 Å². The van der Waals surface area contributed by atoms with E-state index in [9.17, 15) is 5.11 Å². The van der Waals surface area contributed by atoms with Crippen LogP contribution in [0.1, 0.15) is 78.1 Å². The van der Waals surface area contributed by atoms with Crippen LogP contribution in [-0.4, -0.2) is 47.4 Å². The molecule has 4 atom stereocenters. The Labute approximate surface area is 131 Å². The fraction of sp³-hybridized carbons (Fsp3) is 1.00. The molecule has 1 heterocycles. The van der Waals surface area contributed by atoms with E-state index in [1.807, 2.05) is 0 Å². The van der Waals surface area contributed by atoms with Gasteiger partial charge in [0, 0.05) is 19.1 Å². The molecule has 1 saturated heterocycles. The van der Waals surface area contributed by atoms with Crippen LogP contribution >= 0.6 is 0 Å². The summed E-state index contributed by atoms with van der Waals surface area (Å²) in [5, 5.41) is 10.7. The second kappa shape index (κ2) is 9.12. The van der Waals surface area contributed by atoms with Gasteiger partial charge in [-0.25, -0.2) is 0 Å². The van der Waals surface area contributed by atoms with Gasteiger partial charge in [0.15, 0.2) is 0 Å². The Balaban J connectivity index is 1.93. The van der Waals surface area contributed by atoms with Gasteiger partial charge in [-0.3, -0.25) is 4.90 Å². The lowest BCUT2D eigenvalue weighted by molar-refractivity contribution is -0.0981. The van der Waals surface area contributed by atoms with Gasteiger partial charge >= 0.3 is 0 Å². The summed E-state index contributed by atoms with van der Waals surface area (Å²) in [4.78, 5) is 2.51. The summed E-state index contributed by atoms with van der Waals surface area (Å²) in [6, 6.07) is 0.346. The van der Waals surface area contributed by atoms with Gasteiger partial charge in [0.05, 0.1) is 18.3 Å². The van der Waals surface area contributed by atoms with Crippen LogP contribution in [0, 0.1) is 0 Å². The van der Waals surface area contributed by atoms with E-state index in [4.69, 9.17) is 4.74 Å². The molecular weight excluding hydrogens is 262 g/mol. The standard InChI is InChI=1S/C18H35NO2/c1-15-13-19(14-16(2)21-15)17-11-9-7-5-3-4-6-8-10-12-18(17)20/h15-18,20H,3-14H2,1-2H3. The van der Waals surface area contributed by atoms with Gasteiger partial charge in [-0.2, -0.15) is 0 Å². The minimum Gasteiger partial charge on any atom is -0.391 e. The highest BCUT2D eigenvalue weighted by Crippen LogP contribution is 2.24. The smallest absolute Gasteiger partial charge is 0.0695 e. The van der Waals surface area contributed by atoms with Crippen LogP contribution in [0.2, 0.25) is 0 Å². The summed E-state index contributed by atoms with van der Waals surface area (Å²) in [6.45, 7) is 6.27.